The first-order valence-corrected chi connectivity index (χ1v) is 6.58. The van der Waals surface area contributed by atoms with Crippen LogP contribution in [0.3, 0.4) is 0 Å². The summed E-state index contributed by atoms with van der Waals surface area (Å²) >= 11 is 0. The van der Waals surface area contributed by atoms with E-state index in [4.69, 9.17) is 0 Å². The third kappa shape index (κ3) is 3.46. The Hall–Kier alpha value is -0.0800. The van der Waals surface area contributed by atoms with E-state index in [1.54, 1.807) is 0 Å². The average molecular weight is 212 g/mol. The van der Waals surface area contributed by atoms with Crippen LogP contribution in [0.2, 0.25) is 0 Å². The zero-order chi connectivity index (χ0) is 11.3. The Morgan fingerprint density at radius 2 is 1.80 bits per heavy atom. The fraction of sp³-hybridized carbons (Fsp3) is 1.00. The molecule has 15 heavy (non-hydrogen) atoms. The number of piperidine rings is 1. The van der Waals surface area contributed by atoms with E-state index in [1.165, 1.54) is 45.4 Å². The van der Waals surface area contributed by atoms with Gasteiger partial charge in [-0.25, -0.2) is 0 Å². The molecule has 1 N–H and O–H groups in total. The summed E-state index contributed by atoms with van der Waals surface area (Å²) in [5.74, 6) is 0. The fourth-order valence-corrected chi connectivity index (χ4v) is 2.67. The molecule has 2 heteroatoms. The minimum Gasteiger partial charge on any atom is -0.317 e. The standard InChI is InChI=1S/C13H28N2/c1-5-13(7-9-14-10-8-13)11-15(6-2)12(3)4/h12,14H,5-11H2,1-4H3. The second-order valence-electron chi connectivity index (χ2n) is 5.26. The molecule has 0 aromatic heterocycles. The average Bonchev–Trinajstić information content (AvgIpc) is 2.27. The molecule has 0 aliphatic carbocycles. The van der Waals surface area contributed by atoms with Crippen LogP contribution in [0.1, 0.15) is 47.0 Å². The summed E-state index contributed by atoms with van der Waals surface area (Å²) in [4.78, 5) is 2.62. The maximum Gasteiger partial charge on any atom is 0.00414 e. The second kappa shape index (κ2) is 5.86. The molecule has 0 bridgehead atoms. The molecule has 0 unspecified atom stereocenters. The van der Waals surface area contributed by atoms with Gasteiger partial charge in [-0.3, -0.25) is 0 Å². The van der Waals surface area contributed by atoms with Gasteiger partial charge in [0.15, 0.2) is 0 Å². The summed E-state index contributed by atoms with van der Waals surface area (Å²) in [6.07, 6.45) is 4.04. The van der Waals surface area contributed by atoms with Crippen molar-refractivity contribution in [3.63, 3.8) is 0 Å². The molecule has 1 heterocycles. The van der Waals surface area contributed by atoms with Gasteiger partial charge in [-0.15, -0.1) is 0 Å². The summed E-state index contributed by atoms with van der Waals surface area (Å²) in [7, 11) is 0. The van der Waals surface area contributed by atoms with E-state index in [9.17, 15) is 0 Å². The van der Waals surface area contributed by atoms with Crippen molar-refractivity contribution in [3.8, 4) is 0 Å². The second-order valence-corrected chi connectivity index (χ2v) is 5.26. The number of nitrogens with zero attached hydrogens (tertiary/aromatic N) is 1. The maximum absolute atomic E-state index is 3.48. The monoisotopic (exact) mass is 212 g/mol. The van der Waals surface area contributed by atoms with Gasteiger partial charge in [-0.2, -0.15) is 0 Å². The normalized spacial score (nSPS) is 21.2. The van der Waals surface area contributed by atoms with Crippen molar-refractivity contribution < 1.29 is 0 Å². The van der Waals surface area contributed by atoms with Gasteiger partial charge in [0, 0.05) is 12.6 Å². The first-order chi connectivity index (χ1) is 7.13. The predicted molar refractivity (Wildman–Crippen MR) is 67.2 cm³/mol. The molecule has 1 fully saturated rings. The lowest BCUT2D eigenvalue weighted by molar-refractivity contribution is 0.0908. The van der Waals surface area contributed by atoms with Crippen molar-refractivity contribution in [2.75, 3.05) is 26.2 Å². The Balaban J connectivity index is 2.57. The highest BCUT2D eigenvalue weighted by molar-refractivity contribution is 4.86. The fourth-order valence-electron chi connectivity index (χ4n) is 2.67. The summed E-state index contributed by atoms with van der Waals surface area (Å²) < 4.78 is 0. The largest absolute Gasteiger partial charge is 0.317 e. The quantitative estimate of drug-likeness (QED) is 0.753. The van der Waals surface area contributed by atoms with Gasteiger partial charge in [0.05, 0.1) is 0 Å². The number of rotatable bonds is 5. The third-order valence-electron chi connectivity index (χ3n) is 4.09. The Morgan fingerprint density at radius 1 is 1.20 bits per heavy atom. The van der Waals surface area contributed by atoms with Crippen molar-refractivity contribution in [2.45, 2.75) is 53.0 Å². The van der Waals surface area contributed by atoms with E-state index < -0.39 is 0 Å². The highest BCUT2D eigenvalue weighted by Gasteiger charge is 2.32. The van der Waals surface area contributed by atoms with E-state index in [-0.39, 0.29) is 0 Å². The summed E-state index contributed by atoms with van der Waals surface area (Å²) in [6.45, 7) is 14.2. The van der Waals surface area contributed by atoms with E-state index >= 15 is 0 Å². The lowest BCUT2D eigenvalue weighted by Crippen LogP contribution is -2.46. The highest BCUT2D eigenvalue weighted by atomic mass is 15.1. The molecule has 1 rings (SSSR count). The molecule has 1 saturated heterocycles. The van der Waals surface area contributed by atoms with Gasteiger partial charge < -0.3 is 10.2 Å². The predicted octanol–water partition coefficient (Wildman–Crippen LogP) is 2.50. The van der Waals surface area contributed by atoms with E-state index in [1.807, 2.05) is 0 Å². The summed E-state index contributed by atoms with van der Waals surface area (Å²) in [6, 6.07) is 0.688. The van der Waals surface area contributed by atoms with Gasteiger partial charge in [0.2, 0.25) is 0 Å². The third-order valence-corrected chi connectivity index (χ3v) is 4.09. The van der Waals surface area contributed by atoms with Crippen molar-refractivity contribution in [3.05, 3.63) is 0 Å². The maximum atomic E-state index is 3.48. The van der Waals surface area contributed by atoms with Crippen molar-refractivity contribution in [1.82, 2.24) is 10.2 Å². The van der Waals surface area contributed by atoms with Gasteiger partial charge in [0.25, 0.3) is 0 Å². The minimum atomic E-state index is 0.589. The molecule has 1 aliphatic heterocycles. The van der Waals surface area contributed by atoms with Crippen LogP contribution in [0.25, 0.3) is 0 Å². The molecule has 0 atom stereocenters. The Kier molecular flexibility index (Phi) is 5.07. The first kappa shape index (κ1) is 13.0. The molecule has 0 aromatic carbocycles. The van der Waals surface area contributed by atoms with Crippen LogP contribution < -0.4 is 5.32 Å². The number of hydrogen-bond donors (Lipinski definition) is 1. The van der Waals surface area contributed by atoms with Crippen molar-refractivity contribution in [2.24, 2.45) is 5.41 Å². The summed E-state index contributed by atoms with van der Waals surface area (Å²) in [5, 5.41) is 3.48. The zero-order valence-corrected chi connectivity index (χ0v) is 11.0. The Bertz CT molecular complexity index is 171. The molecular weight excluding hydrogens is 184 g/mol. The van der Waals surface area contributed by atoms with Crippen LogP contribution in [0.5, 0.6) is 0 Å². The number of nitrogens with one attached hydrogen (secondary N) is 1. The van der Waals surface area contributed by atoms with Crippen LogP contribution in [-0.4, -0.2) is 37.1 Å². The number of hydrogen-bond acceptors (Lipinski definition) is 2. The van der Waals surface area contributed by atoms with Crippen LogP contribution in [-0.2, 0) is 0 Å². The molecule has 0 amide bonds. The Morgan fingerprint density at radius 3 is 2.20 bits per heavy atom. The lowest BCUT2D eigenvalue weighted by atomic mass is 9.76. The molecule has 2 nitrogen and oxygen atoms in total. The molecule has 0 saturated carbocycles. The summed E-state index contributed by atoms with van der Waals surface area (Å²) in [5.41, 5.74) is 0.589. The SMILES string of the molecule is CCN(CC1(CC)CCNCC1)C(C)C. The molecule has 0 radical (unpaired) electrons. The first-order valence-electron chi connectivity index (χ1n) is 6.58. The zero-order valence-electron chi connectivity index (χ0n) is 11.0. The van der Waals surface area contributed by atoms with Crippen LogP contribution in [0.4, 0.5) is 0 Å². The van der Waals surface area contributed by atoms with Gasteiger partial charge in [-0.1, -0.05) is 13.8 Å². The van der Waals surface area contributed by atoms with E-state index in [2.05, 4.69) is 37.9 Å². The van der Waals surface area contributed by atoms with Gasteiger partial charge in [-0.05, 0) is 58.2 Å². The molecule has 0 spiro atoms. The van der Waals surface area contributed by atoms with Crippen molar-refractivity contribution in [1.29, 1.82) is 0 Å². The molecule has 90 valence electrons. The highest BCUT2D eigenvalue weighted by Crippen LogP contribution is 2.33. The van der Waals surface area contributed by atoms with E-state index in [0.29, 0.717) is 11.5 Å². The van der Waals surface area contributed by atoms with Crippen LogP contribution in [0.15, 0.2) is 0 Å². The molecule has 0 aromatic rings. The van der Waals surface area contributed by atoms with Crippen molar-refractivity contribution >= 4 is 0 Å². The van der Waals surface area contributed by atoms with Crippen LogP contribution >= 0.6 is 0 Å². The van der Waals surface area contributed by atoms with Gasteiger partial charge in [0.1, 0.15) is 0 Å². The van der Waals surface area contributed by atoms with E-state index in [0.717, 1.165) is 0 Å². The Labute approximate surface area is 95.4 Å². The molecule has 1 aliphatic rings. The smallest absolute Gasteiger partial charge is 0.00414 e. The lowest BCUT2D eigenvalue weighted by Gasteiger charge is -2.42. The topological polar surface area (TPSA) is 15.3 Å². The van der Waals surface area contributed by atoms with Gasteiger partial charge >= 0.3 is 0 Å². The molecular formula is C13H28N2. The minimum absolute atomic E-state index is 0.589. The van der Waals surface area contributed by atoms with Crippen LogP contribution in [0, 0.1) is 5.41 Å².